The number of hydrogen-bond acceptors (Lipinski definition) is 6. The van der Waals surface area contributed by atoms with Gasteiger partial charge in [-0.2, -0.15) is 18.3 Å². The number of nitrogens with one attached hydrogen (secondary N) is 2. The van der Waals surface area contributed by atoms with E-state index in [2.05, 4.69) is 30.7 Å². The van der Waals surface area contributed by atoms with E-state index in [-0.39, 0.29) is 11.6 Å². The van der Waals surface area contributed by atoms with E-state index in [0.717, 1.165) is 18.3 Å². The van der Waals surface area contributed by atoms with Gasteiger partial charge in [0.25, 0.3) is 5.91 Å². The molecule has 0 aliphatic carbocycles. The van der Waals surface area contributed by atoms with Crippen LogP contribution in [-0.4, -0.2) is 30.6 Å². The van der Waals surface area contributed by atoms with E-state index in [0.29, 0.717) is 39.8 Å². The van der Waals surface area contributed by atoms with Crippen molar-refractivity contribution in [3.8, 4) is 0 Å². The SMILES string of the molecule is CCn1cc2ncc(N[C@@H](C)c3cc(NC(=O)c4ccc(C(F)(F)F)nc4)ccc3Cl)nc2n1. The van der Waals surface area contributed by atoms with Gasteiger partial charge in [-0.3, -0.25) is 14.5 Å². The third kappa shape index (κ3) is 5.09. The molecule has 8 nitrogen and oxygen atoms in total. The monoisotopic (exact) mass is 489 g/mol. The van der Waals surface area contributed by atoms with Crippen LogP contribution in [0.15, 0.2) is 48.9 Å². The molecule has 1 aromatic carbocycles. The minimum Gasteiger partial charge on any atom is -0.362 e. The average Bonchev–Trinajstić information content (AvgIpc) is 3.22. The first-order chi connectivity index (χ1) is 16.1. The fraction of sp³-hybridized carbons (Fsp3) is 0.227. The molecule has 0 bridgehead atoms. The first kappa shape index (κ1) is 23.4. The van der Waals surface area contributed by atoms with Crippen LogP contribution in [0.25, 0.3) is 11.2 Å². The van der Waals surface area contributed by atoms with E-state index in [1.807, 2.05) is 20.0 Å². The molecule has 0 saturated carbocycles. The number of fused-ring (bicyclic) bond motifs is 1. The summed E-state index contributed by atoms with van der Waals surface area (Å²) in [7, 11) is 0. The van der Waals surface area contributed by atoms with Gasteiger partial charge in [0, 0.05) is 23.5 Å². The number of halogens is 4. The number of carbonyl (C=O) groups is 1. The second kappa shape index (κ2) is 9.26. The molecule has 176 valence electrons. The highest BCUT2D eigenvalue weighted by atomic mass is 35.5. The van der Waals surface area contributed by atoms with Gasteiger partial charge in [0.05, 0.1) is 24.0 Å². The smallest absolute Gasteiger partial charge is 0.362 e. The van der Waals surface area contributed by atoms with E-state index in [9.17, 15) is 18.0 Å². The molecule has 4 aromatic rings. The Balaban J connectivity index is 1.49. The van der Waals surface area contributed by atoms with E-state index in [1.165, 1.54) is 0 Å². The van der Waals surface area contributed by atoms with Crippen molar-refractivity contribution in [1.82, 2.24) is 24.7 Å². The van der Waals surface area contributed by atoms with E-state index in [1.54, 1.807) is 29.1 Å². The molecule has 3 aromatic heterocycles. The number of pyridine rings is 1. The molecule has 4 rings (SSSR count). The topological polar surface area (TPSA) is 97.6 Å². The van der Waals surface area contributed by atoms with Crippen molar-refractivity contribution < 1.29 is 18.0 Å². The van der Waals surface area contributed by atoms with E-state index >= 15 is 0 Å². The van der Waals surface area contributed by atoms with Crippen LogP contribution in [-0.2, 0) is 12.7 Å². The summed E-state index contributed by atoms with van der Waals surface area (Å²) in [5, 5.41) is 10.7. The van der Waals surface area contributed by atoms with Crippen molar-refractivity contribution in [2.75, 3.05) is 10.6 Å². The highest BCUT2D eigenvalue weighted by Gasteiger charge is 2.32. The predicted molar refractivity (Wildman–Crippen MR) is 122 cm³/mol. The zero-order valence-corrected chi connectivity index (χ0v) is 18.8. The number of benzene rings is 1. The minimum absolute atomic E-state index is 0.00855. The molecular formula is C22H19ClF3N7O. The van der Waals surface area contributed by atoms with Crippen LogP contribution in [0.5, 0.6) is 0 Å². The lowest BCUT2D eigenvalue weighted by molar-refractivity contribution is -0.141. The van der Waals surface area contributed by atoms with Gasteiger partial charge in [-0.25, -0.2) is 9.97 Å². The molecule has 1 amide bonds. The van der Waals surface area contributed by atoms with Gasteiger partial charge in [-0.05, 0) is 49.7 Å². The highest BCUT2D eigenvalue weighted by Crippen LogP contribution is 2.29. The average molecular weight is 490 g/mol. The molecule has 3 heterocycles. The Bertz CT molecular complexity index is 1340. The Labute approximate surface area is 197 Å². The minimum atomic E-state index is -4.58. The predicted octanol–water partition coefficient (Wildman–Crippen LogP) is 5.34. The first-order valence-electron chi connectivity index (χ1n) is 10.2. The molecule has 0 radical (unpaired) electrons. The number of amides is 1. The first-order valence-corrected chi connectivity index (χ1v) is 10.6. The van der Waals surface area contributed by atoms with Crippen LogP contribution in [0.4, 0.5) is 24.7 Å². The molecule has 0 aliphatic rings. The number of hydrogen-bond donors (Lipinski definition) is 2. The molecular weight excluding hydrogens is 471 g/mol. The number of rotatable bonds is 6. The van der Waals surface area contributed by atoms with Crippen LogP contribution in [0.1, 0.15) is 41.5 Å². The van der Waals surface area contributed by atoms with Crippen LogP contribution in [0.2, 0.25) is 5.02 Å². The van der Waals surface area contributed by atoms with Crippen molar-refractivity contribution in [1.29, 1.82) is 0 Å². The van der Waals surface area contributed by atoms with Gasteiger partial charge >= 0.3 is 6.18 Å². The standard InChI is InChI=1S/C22H19ClF3N7O/c1-3-33-11-17-20(32-33)31-19(10-27-17)29-12(2)15-8-14(5-6-16(15)23)30-21(34)13-4-7-18(28-9-13)22(24,25)26/h4-12H,3H2,1-2H3,(H,30,34)(H,29,31,32)/t12-/m0/s1. The number of alkyl halides is 3. The molecule has 0 saturated heterocycles. The molecule has 0 unspecified atom stereocenters. The maximum atomic E-state index is 12.7. The highest BCUT2D eigenvalue weighted by molar-refractivity contribution is 6.31. The second-order valence-electron chi connectivity index (χ2n) is 7.44. The Hall–Kier alpha value is -3.73. The van der Waals surface area contributed by atoms with Crippen molar-refractivity contribution in [3.63, 3.8) is 0 Å². The third-order valence-electron chi connectivity index (χ3n) is 5.00. The molecule has 0 aliphatic heterocycles. The lowest BCUT2D eigenvalue weighted by Gasteiger charge is -2.17. The van der Waals surface area contributed by atoms with Gasteiger partial charge in [-0.1, -0.05) is 11.6 Å². The summed E-state index contributed by atoms with van der Waals surface area (Å²) in [6.07, 6.45) is -0.287. The van der Waals surface area contributed by atoms with Crippen LogP contribution >= 0.6 is 11.6 Å². The summed E-state index contributed by atoms with van der Waals surface area (Å²) in [5.74, 6) is -0.0966. The van der Waals surface area contributed by atoms with E-state index in [4.69, 9.17) is 11.6 Å². The van der Waals surface area contributed by atoms with Gasteiger partial charge < -0.3 is 10.6 Å². The Kier molecular flexibility index (Phi) is 6.38. The normalized spacial score (nSPS) is 12.5. The summed E-state index contributed by atoms with van der Waals surface area (Å²) in [5.41, 5.74) is 1.20. The number of carbonyl (C=O) groups excluding carboxylic acids is 1. The summed E-state index contributed by atoms with van der Waals surface area (Å²) in [4.78, 5) is 24.6. The molecule has 12 heteroatoms. The summed E-state index contributed by atoms with van der Waals surface area (Å²) >= 11 is 6.37. The molecule has 1 atom stereocenters. The van der Waals surface area contributed by atoms with Crippen molar-refractivity contribution in [3.05, 3.63) is 70.8 Å². The lowest BCUT2D eigenvalue weighted by atomic mass is 10.1. The molecule has 0 spiro atoms. The van der Waals surface area contributed by atoms with Crippen molar-refractivity contribution >= 4 is 40.2 Å². The molecule has 34 heavy (non-hydrogen) atoms. The van der Waals surface area contributed by atoms with Gasteiger partial charge in [0.1, 0.15) is 17.0 Å². The number of aromatic nitrogens is 5. The fourth-order valence-electron chi connectivity index (χ4n) is 3.23. The quantitative estimate of drug-likeness (QED) is 0.379. The van der Waals surface area contributed by atoms with Crippen LogP contribution in [0.3, 0.4) is 0 Å². The van der Waals surface area contributed by atoms with Gasteiger partial charge in [0.15, 0.2) is 0 Å². The maximum absolute atomic E-state index is 12.7. The summed E-state index contributed by atoms with van der Waals surface area (Å²) < 4.78 is 39.8. The van der Waals surface area contributed by atoms with Gasteiger partial charge in [0.2, 0.25) is 5.65 Å². The van der Waals surface area contributed by atoms with Crippen LogP contribution < -0.4 is 10.6 Å². The van der Waals surface area contributed by atoms with Gasteiger partial charge in [-0.15, -0.1) is 0 Å². The van der Waals surface area contributed by atoms with Crippen molar-refractivity contribution in [2.24, 2.45) is 0 Å². The molecule has 0 fully saturated rings. The zero-order chi connectivity index (χ0) is 24.5. The Morgan fingerprint density at radius 1 is 1.18 bits per heavy atom. The fourth-order valence-corrected chi connectivity index (χ4v) is 3.51. The molecule has 2 N–H and O–H groups in total. The lowest BCUT2D eigenvalue weighted by Crippen LogP contribution is -2.15. The maximum Gasteiger partial charge on any atom is 0.433 e. The summed E-state index contributed by atoms with van der Waals surface area (Å²) in [6.45, 7) is 4.53. The third-order valence-corrected chi connectivity index (χ3v) is 5.34. The zero-order valence-electron chi connectivity index (χ0n) is 18.1. The van der Waals surface area contributed by atoms with Crippen molar-refractivity contribution in [2.45, 2.75) is 32.6 Å². The number of nitrogens with zero attached hydrogens (tertiary/aromatic N) is 5. The second-order valence-corrected chi connectivity index (χ2v) is 7.84. The number of aryl methyl sites for hydroxylation is 1. The van der Waals surface area contributed by atoms with Crippen LogP contribution in [0, 0.1) is 0 Å². The Morgan fingerprint density at radius 2 is 1.97 bits per heavy atom. The largest absolute Gasteiger partial charge is 0.433 e. The van der Waals surface area contributed by atoms with E-state index < -0.39 is 17.8 Å². The Morgan fingerprint density at radius 3 is 2.65 bits per heavy atom. The number of anilines is 2. The summed E-state index contributed by atoms with van der Waals surface area (Å²) in [6, 6.07) is 6.41.